The fourth-order valence-corrected chi connectivity index (χ4v) is 3.34. The molecule has 0 radical (unpaired) electrons. The Morgan fingerprint density at radius 2 is 2.00 bits per heavy atom. The second-order valence-corrected chi connectivity index (χ2v) is 8.31. The predicted molar refractivity (Wildman–Crippen MR) is 118 cm³/mol. The molecule has 1 N–H and O–H groups in total. The van der Waals surface area contributed by atoms with Crippen LogP contribution in [0.15, 0.2) is 12.3 Å². The summed E-state index contributed by atoms with van der Waals surface area (Å²) in [4.78, 5) is 40.9. The number of aromatic nitrogens is 1. The minimum Gasteiger partial charge on any atom is -0.493 e. The van der Waals surface area contributed by atoms with Gasteiger partial charge in [0.2, 0.25) is 6.79 Å². The van der Waals surface area contributed by atoms with Gasteiger partial charge in [0.1, 0.15) is 12.1 Å². The Morgan fingerprint density at radius 1 is 1.27 bits per heavy atom. The van der Waals surface area contributed by atoms with Crippen molar-refractivity contribution in [3.63, 3.8) is 0 Å². The molecule has 0 aromatic carbocycles. The largest absolute Gasteiger partial charge is 0.493 e. The molecule has 10 nitrogen and oxygen atoms in total. The molecule has 33 heavy (non-hydrogen) atoms. The van der Waals surface area contributed by atoms with E-state index in [0.29, 0.717) is 18.9 Å². The number of rotatable bonds is 9. The van der Waals surface area contributed by atoms with Crippen molar-refractivity contribution >= 4 is 17.8 Å². The first-order valence-corrected chi connectivity index (χ1v) is 11.1. The maximum atomic E-state index is 13.0. The number of amides is 1. The van der Waals surface area contributed by atoms with Crippen LogP contribution in [0.2, 0.25) is 0 Å². The molecule has 1 aliphatic rings. The Kier molecular flexibility index (Phi) is 10.4. The maximum Gasteiger partial charge on any atom is 0.329 e. The summed E-state index contributed by atoms with van der Waals surface area (Å²) in [6, 6.07) is 0.658. The molecule has 3 atom stereocenters. The molecule has 1 aromatic heterocycles. The van der Waals surface area contributed by atoms with Gasteiger partial charge in [-0.1, -0.05) is 26.7 Å². The van der Waals surface area contributed by atoms with Gasteiger partial charge in [-0.25, -0.2) is 9.78 Å². The van der Waals surface area contributed by atoms with Crippen LogP contribution in [0.25, 0.3) is 0 Å². The van der Waals surface area contributed by atoms with Gasteiger partial charge in [-0.2, -0.15) is 0 Å². The summed E-state index contributed by atoms with van der Waals surface area (Å²) >= 11 is 0. The van der Waals surface area contributed by atoms with Crippen LogP contribution in [0.4, 0.5) is 0 Å². The number of hydrogen-bond donors (Lipinski definition) is 1. The second kappa shape index (κ2) is 13.0. The first-order valence-electron chi connectivity index (χ1n) is 11.1. The van der Waals surface area contributed by atoms with E-state index in [1.807, 2.05) is 0 Å². The molecular formula is C23H34N2O8. The molecule has 0 unspecified atom stereocenters. The number of hydrogen-bond acceptors (Lipinski definition) is 9. The van der Waals surface area contributed by atoms with Crippen molar-refractivity contribution in [2.24, 2.45) is 5.92 Å². The van der Waals surface area contributed by atoms with E-state index in [4.69, 9.17) is 23.7 Å². The quantitative estimate of drug-likeness (QED) is 0.432. The van der Waals surface area contributed by atoms with E-state index in [2.05, 4.69) is 24.1 Å². The summed E-state index contributed by atoms with van der Waals surface area (Å²) in [6.07, 6.45) is 3.50. The smallest absolute Gasteiger partial charge is 0.329 e. The number of pyridine rings is 1. The van der Waals surface area contributed by atoms with Crippen LogP contribution < -0.4 is 14.8 Å². The average molecular weight is 467 g/mol. The van der Waals surface area contributed by atoms with Crippen LogP contribution in [-0.2, 0) is 23.8 Å². The minimum atomic E-state index is -0.849. The molecular weight excluding hydrogens is 432 g/mol. The van der Waals surface area contributed by atoms with Gasteiger partial charge < -0.3 is 29.0 Å². The van der Waals surface area contributed by atoms with E-state index in [1.54, 1.807) is 6.92 Å². The lowest BCUT2D eigenvalue weighted by Gasteiger charge is -2.25. The number of cyclic esters (lactones) is 1. The summed E-state index contributed by atoms with van der Waals surface area (Å²) in [6.45, 7) is 7.34. The van der Waals surface area contributed by atoms with Crippen molar-refractivity contribution in [2.45, 2.75) is 71.6 Å². The molecule has 1 aromatic rings. The van der Waals surface area contributed by atoms with Crippen molar-refractivity contribution in [1.82, 2.24) is 10.3 Å². The average Bonchev–Trinajstić information content (AvgIpc) is 2.82. The van der Waals surface area contributed by atoms with Gasteiger partial charge in [-0.15, -0.1) is 0 Å². The third-order valence-corrected chi connectivity index (χ3v) is 5.06. The van der Waals surface area contributed by atoms with Crippen molar-refractivity contribution in [3.8, 4) is 11.5 Å². The monoisotopic (exact) mass is 466 g/mol. The van der Waals surface area contributed by atoms with Crippen LogP contribution in [0, 0.1) is 5.92 Å². The second-order valence-electron chi connectivity index (χ2n) is 8.31. The number of nitrogens with one attached hydrogen (secondary N) is 1. The van der Waals surface area contributed by atoms with Crippen LogP contribution in [0.1, 0.15) is 63.9 Å². The van der Waals surface area contributed by atoms with E-state index < -0.39 is 36.8 Å². The highest BCUT2D eigenvalue weighted by Gasteiger charge is 2.31. The molecule has 1 amide bonds. The standard InChI is InChI=1S/C23H34N2O8/c1-14(2)12-30-18-9-7-6-8-17(23(28)33-15(18)3)25-22(27)20-21(32-13-31-16(4)26)19(29-5)10-11-24-20/h10-11,14-15,17-18H,6-9,12-13H2,1-5H3,(H,25,27)/t15-,17-,18+/m0/s1. The molecule has 184 valence electrons. The lowest BCUT2D eigenvalue weighted by atomic mass is 10.0. The molecule has 0 spiro atoms. The molecule has 1 saturated heterocycles. The fraction of sp³-hybridized carbons (Fsp3) is 0.652. The Bertz CT molecular complexity index is 814. The Morgan fingerprint density at radius 3 is 2.67 bits per heavy atom. The molecule has 10 heteroatoms. The van der Waals surface area contributed by atoms with E-state index in [9.17, 15) is 14.4 Å². The Balaban J connectivity index is 2.12. The first kappa shape index (κ1) is 26.4. The maximum absolute atomic E-state index is 13.0. The zero-order valence-corrected chi connectivity index (χ0v) is 19.9. The number of carbonyl (C=O) groups excluding carboxylic acids is 3. The SMILES string of the molecule is COc1ccnc(C(=O)N[C@H]2CCCC[C@@H](OCC(C)C)[C@H](C)OC2=O)c1OCOC(C)=O. The van der Waals surface area contributed by atoms with Crippen molar-refractivity contribution < 1.29 is 38.1 Å². The highest BCUT2D eigenvalue weighted by Crippen LogP contribution is 2.30. The van der Waals surface area contributed by atoms with Gasteiger partial charge in [0.25, 0.3) is 5.91 Å². The van der Waals surface area contributed by atoms with E-state index in [-0.39, 0.29) is 23.3 Å². The molecule has 2 rings (SSSR count). The number of methoxy groups -OCH3 is 1. The fourth-order valence-electron chi connectivity index (χ4n) is 3.34. The predicted octanol–water partition coefficient (Wildman–Crippen LogP) is 2.63. The summed E-state index contributed by atoms with van der Waals surface area (Å²) in [5.41, 5.74) is -0.0969. The first-order chi connectivity index (χ1) is 15.7. The van der Waals surface area contributed by atoms with Crippen molar-refractivity contribution in [3.05, 3.63) is 18.0 Å². The lowest BCUT2D eigenvalue weighted by Crippen LogP contribution is -2.44. The van der Waals surface area contributed by atoms with Crippen LogP contribution in [0.5, 0.6) is 11.5 Å². The van der Waals surface area contributed by atoms with Crippen molar-refractivity contribution in [2.75, 3.05) is 20.5 Å². The summed E-state index contributed by atoms with van der Waals surface area (Å²) in [5, 5.41) is 2.70. The highest BCUT2D eigenvalue weighted by molar-refractivity contribution is 5.98. The molecule has 0 bridgehead atoms. The van der Waals surface area contributed by atoms with Gasteiger partial charge in [0.05, 0.1) is 13.2 Å². The molecule has 0 aliphatic carbocycles. The van der Waals surface area contributed by atoms with Crippen LogP contribution >= 0.6 is 0 Å². The highest BCUT2D eigenvalue weighted by atomic mass is 16.7. The minimum absolute atomic E-state index is 0.00528. The Labute approximate surface area is 194 Å². The number of esters is 2. The van der Waals surface area contributed by atoms with Crippen LogP contribution in [-0.4, -0.2) is 61.6 Å². The van der Waals surface area contributed by atoms with E-state index >= 15 is 0 Å². The topological polar surface area (TPSA) is 122 Å². The molecule has 1 fully saturated rings. The third-order valence-electron chi connectivity index (χ3n) is 5.06. The Hall–Kier alpha value is -2.88. The van der Waals surface area contributed by atoms with Gasteiger partial charge in [0, 0.05) is 25.8 Å². The van der Waals surface area contributed by atoms with E-state index in [0.717, 1.165) is 19.3 Å². The normalized spacial score (nSPS) is 21.3. The van der Waals surface area contributed by atoms with Gasteiger partial charge in [0.15, 0.2) is 17.2 Å². The van der Waals surface area contributed by atoms with E-state index in [1.165, 1.54) is 26.3 Å². The van der Waals surface area contributed by atoms with Gasteiger partial charge in [-0.3, -0.25) is 9.59 Å². The van der Waals surface area contributed by atoms with Crippen molar-refractivity contribution in [1.29, 1.82) is 0 Å². The molecule has 2 heterocycles. The zero-order valence-electron chi connectivity index (χ0n) is 19.9. The van der Waals surface area contributed by atoms with Crippen LogP contribution in [0.3, 0.4) is 0 Å². The molecule has 1 aliphatic heterocycles. The third kappa shape index (κ3) is 8.20. The molecule has 0 saturated carbocycles. The summed E-state index contributed by atoms with van der Waals surface area (Å²) in [7, 11) is 1.41. The summed E-state index contributed by atoms with van der Waals surface area (Å²) < 4.78 is 27.0. The number of carbonyl (C=O) groups is 3. The zero-order chi connectivity index (χ0) is 24.4. The van der Waals surface area contributed by atoms with Gasteiger partial charge >= 0.3 is 11.9 Å². The number of nitrogens with zero attached hydrogens (tertiary/aromatic N) is 1. The summed E-state index contributed by atoms with van der Waals surface area (Å²) in [5.74, 6) is -1.08. The number of ether oxygens (including phenoxy) is 5. The van der Waals surface area contributed by atoms with Gasteiger partial charge in [-0.05, 0) is 25.7 Å². The lowest BCUT2D eigenvalue weighted by molar-refractivity contribution is -0.158.